The van der Waals surface area contributed by atoms with Crippen LogP contribution in [0.3, 0.4) is 0 Å². The summed E-state index contributed by atoms with van der Waals surface area (Å²) in [6.07, 6.45) is 18.9. The first-order valence-corrected chi connectivity index (χ1v) is 10.5. The Morgan fingerprint density at radius 2 is 1.84 bits per heavy atom. The lowest BCUT2D eigenvalue weighted by atomic mass is 9.69. The fraction of sp³-hybridized carbons (Fsp3) is 0.727. The molecule has 0 aromatic heterocycles. The van der Waals surface area contributed by atoms with Gasteiger partial charge in [0.05, 0.1) is 6.04 Å². The van der Waals surface area contributed by atoms with Gasteiger partial charge in [0.25, 0.3) is 0 Å². The van der Waals surface area contributed by atoms with Gasteiger partial charge in [-0.15, -0.1) is 12.4 Å². The van der Waals surface area contributed by atoms with Crippen molar-refractivity contribution < 1.29 is 0 Å². The van der Waals surface area contributed by atoms with Crippen molar-refractivity contribution in [3.05, 3.63) is 34.6 Å². The molecule has 0 spiro atoms. The van der Waals surface area contributed by atoms with E-state index in [1.807, 2.05) is 11.1 Å². The van der Waals surface area contributed by atoms with Gasteiger partial charge in [0, 0.05) is 18.8 Å². The summed E-state index contributed by atoms with van der Waals surface area (Å²) in [5.41, 5.74) is 7.24. The average molecular weight is 361 g/mol. The van der Waals surface area contributed by atoms with Gasteiger partial charge in [-0.25, -0.2) is 0 Å². The molecule has 0 amide bonds. The van der Waals surface area contributed by atoms with Crippen molar-refractivity contribution >= 4 is 12.4 Å². The second-order valence-corrected chi connectivity index (χ2v) is 8.57. The second kappa shape index (κ2) is 7.48. The lowest BCUT2D eigenvalue weighted by Crippen LogP contribution is -2.43. The topological polar surface area (TPSA) is 15.3 Å². The minimum Gasteiger partial charge on any atom is -0.360 e. The van der Waals surface area contributed by atoms with Gasteiger partial charge in [-0.05, 0) is 80.0 Å². The predicted molar refractivity (Wildman–Crippen MR) is 107 cm³/mol. The molecule has 0 bridgehead atoms. The van der Waals surface area contributed by atoms with Crippen LogP contribution in [0.5, 0.6) is 0 Å². The smallest absolute Gasteiger partial charge is 0.0637 e. The molecule has 1 saturated heterocycles. The highest BCUT2D eigenvalue weighted by Gasteiger charge is 2.44. The fourth-order valence-corrected chi connectivity index (χ4v) is 6.26. The Morgan fingerprint density at radius 1 is 0.960 bits per heavy atom. The highest BCUT2D eigenvalue weighted by atomic mass is 35.5. The molecule has 2 nitrogen and oxygen atoms in total. The standard InChI is InChI=1S/C22H32N2.ClH/c1-3-7-16(8-4-1)18-11-10-17-9-5-2-6-14-24-20-15-23-13-12-19(20)21(18)22(17)24;/h2,6,16,18,20,23H,1,3-5,7-15H2;1H. The summed E-state index contributed by atoms with van der Waals surface area (Å²) in [5.74, 6) is 1.86. The monoisotopic (exact) mass is 360 g/mol. The van der Waals surface area contributed by atoms with Crippen molar-refractivity contribution in [3.63, 3.8) is 0 Å². The van der Waals surface area contributed by atoms with Crippen LogP contribution in [0, 0.1) is 11.8 Å². The molecule has 5 rings (SSSR count). The lowest BCUT2D eigenvalue weighted by molar-refractivity contribution is 0.251. The number of allylic oxidation sites excluding steroid dienone is 3. The number of rotatable bonds is 1. The van der Waals surface area contributed by atoms with E-state index in [-0.39, 0.29) is 12.4 Å². The maximum absolute atomic E-state index is 3.68. The van der Waals surface area contributed by atoms with Crippen molar-refractivity contribution in [2.24, 2.45) is 11.8 Å². The molecule has 3 heterocycles. The van der Waals surface area contributed by atoms with E-state index in [0.717, 1.165) is 18.4 Å². The molecule has 2 aliphatic carbocycles. The summed E-state index contributed by atoms with van der Waals surface area (Å²) < 4.78 is 0. The van der Waals surface area contributed by atoms with Gasteiger partial charge in [-0.2, -0.15) is 0 Å². The predicted octanol–water partition coefficient (Wildman–Crippen LogP) is 4.98. The van der Waals surface area contributed by atoms with E-state index in [1.165, 1.54) is 77.3 Å². The molecule has 3 aliphatic heterocycles. The molecule has 1 N–H and O–H groups in total. The van der Waals surface area contributed by atoms with Crippen LogP contribution in [-0.2, 0) is 0 Å². The molecule has 0 aromatic carbocycles. The van der Waals surface area contributed by atoms with Crippen LogP contribution in [0.15, 0.2) is 34.6 Å². The van der Waals surface area contributed by atoms with Crippen molar-refractivity contribution in [2.75, 3.05) is 19.6 Å². The summed E-state index contributed by atoms with van der Waals surface area (Å²) in [5, 5.41) is 3.68. The normalized spacial score (nSPS) is 32.7. The van der Waals surface area contributed by atoms with Crippen molar-refractivity contribution in [1.29, 1.82) is 0 Å². The average Bonchev–Trinajstić information content (AvgIpc) is 2.95. The Hall–Kier alpha value is -0.730. The summed E-state index contributed by atoms with van der Waals surface area (Å²) >= 11 is 0. The van der Waals surface area contributed by atoms with Gasteiger partial charge < -0.3 is 10.2 Å². The first-order valence-electron chi connectivity index (χ1n) is 10.5. The maximum Gasteiger partial charge on any atom is 0.0637 e. The van der Waals surface area contributed by atoms with E-state index in [0.29, 0.717) is 6.04 Å². The van der Waals surface area contributed by atoms with E-state index < -0.39 is 0 Å². The van der Waals surface area contributed by atoms with E-state index in [4.69, 9.17) is 0 Å². The maximum atomic E-state index is 3.68. The van der Waals surface area contributed by atoms with E-state index in [1.54, 1.807) is 11.3 Å². The zero-order chi connectivity index (χ0) is 15.9. The first kappa shape index (κ1) is 17.7. The summed E-state index contributed by atoms with van der Waals surface area (Å²) in [7, 11) is 0. The third-order valence-electron chi connectivity index (χ3n) is 7.34. The number of hydrogen-bond acceptors (Lipinski definition) is 2. The molecule has 2 fully saturated rings. The quantitative estimate of drug-likeness (QED) is 0.663. The SMILES string of the molecule is C1=CCN2C3=C(CC1)CCC(C1CCCCC1)C3=C1CCNCC12.Cl. The van der Waals surface area contributed by atoms with Crippen LogP contribution in [-0.4, -0.2) is 30.6 Å². The third kappa shape index (κ3) is 3.00. The minimum absolute atomic E-state index is 0. The summed E-state index contributed by atoms with van der Waals surface area (Å²) in [4.78, 5) is 2.79. The van der Waals surface area contributed by atoms with Gasteiger partial charge in [0.15, 0.2) is 0 Å². The number of hydrogen-bond donors (Lipinski definition) is 1. The fourth-order valence-electron chi connectivity index (χ4n) is 6.26. The van der Waals surface area contributed by atoms with Crippen LogP contribution in [0.1, 0.15) is 64.2 Å². The summed E-state index contributed by atoms with van der Waals surface area (Å²) in [6.45, 7) is 3.50. The lowest BCUT2D eigenvalue weighted by Gasteiger charge is -2.39. The van der Waals surface area contributed by atoms with Crippen LogP contribution in [0.25, 0.3) is 0 Å². The highest BCUT2D eigenvalue weighted by molar-refractivity contribution is 5.85. The Bertz CT molecular complexity index is 597. The van der Waals surface area contributed by atoms with Crippen LogP contribution >= 0.6 is 12.4 Å². The number of fused-ring (bicyclic) bond motifs is 2. The number of nitrogens with zero attached hydrogens (tertiary/aromatic N) is 1. The molecule has 5 aliphatic rings. The Morgan fingerprint density at radius 3 is 2.72 bits per heavy atom. The van der Waals surface area contributed by atoms with E-state index in [9.17, 15) is 0 Å². The summed E-state index contributed by atoms with van der Waals surface area (Å²) in [6, 6.07) is 0.658. The Balaban J connectivity index is 0.00000157. The van der Waals surface area contributed by atoms with Gasteiger partial charge in [-0.1, -0.05) is 31.4 Å². The molecule has 2 atom stereocenters. The molecule has 2 unspecified atom stereocenters. The Labute approximate surface area is 159 Å². The van der Waals surface area contributed by atoms with Crippen LogP contribution < -0.4 is 5.32 Å². The zero-order valence-electron chi connectivity index (χ0n) is 15.4. The number of halogens is 1. The Kier molecular flexibility index (Phi) is 5.29. The van der Waals surface area contributed by atoms with Gasteiger partial charge in [0.1, 0.15) is 0 Å². The third-order valence-corrected chi connectivity index (χ3v) is 7.34. The molecule has 1 saturated carbocycles. The molecule has 0 aromatic rings. The van der Waals surface area contributed by atoms with E-state index >= 15 is 0 Å². The number of piperidine rings is 1. The molecule has 25 heavy (non-hydrogen) atoms. The molecule has 138 valence electrons. The van der Waals surface area contributed by atoms with Crippen molar-refractivity contribution in [3.8, 4) is 0 Å². The van der Waals surface area contributed by atoms with Gasteiger partial charge >= 0.3 is 0 Å². The van der Waals surface area contributed by atoms with Gasteiger partial charge in [-0.3, -0.25) is 0 Å². The molecule has 0 radical (unpaired) electrons. The number of nitrogens with one attached hydrogen (secondary N) is 1. The highest BCUT2D eigenvalue weighted by Crippen LogP contribution is 2.52. The van der Waals surface area contributed by atoms with Crippen LogP contribution in [0.4, 0.5) is 0 Å². The molecular weight excluding hydrogens is 328 g/mol. The van der Waals surface area contributed by atoms with E-state index in [2.05, 4.69) is 22.4 Å². The first-order chi connectivity index (χ1) is 11.9. The van der Waals surface area contributed by atoms with Crippen LogP contribution in [0.2, 0.25) is 0 Å². The zero-order valence-corrected chi connectivity index (χ0v) is 16.3. The molecular formula is C22H33ClN2. The van der Waals surface area contributed by atoms with Gasteiger partial charge in [0.2, 0.25) is 0 Å². The minimum atomic E-state index is 0. The largest absolute Gasteiger partial charge is 0.360 e. The second-order valence-electron chi connectivity index (χ2n) is 8.57. The van der Waals surface area contributed by atoms with Crippen molar-refractivity contribution in [2.45, 2.75) is 70.3 Å². The van der Waals surface area contributed by atoms with Crippen molar-refractivity contribution in [1.82, 2.24) is 10.2 Å². The molecule has 3 heteroatoms.